The molecule has 1 N–H and O–H groups in total. The minimum Gasteiger partial charge on any atom is -0.497 e. The van der Waals surface area contributed by atoms with Gasteiger partial charge in [-0.15, -0.1) is 0 Å². The maximum Gasteiger partial charge on any atom is 0.353 e. The highest BCUT2D eigenvalue weighted by Crippen LogP contribution is 2.33. The van der Waals surface area contributed by atoms with E-state index in [1.807, 2.05) is 41.3 Å². The molecule has 0 aliphatic carbocycles. The summed E-state index contributed by atoms with van der Waals surface area (Å²) in [6, 6.07) is 11.6. The lowest BCUT2D eigenvalue weighted by molar-refractivity contribution is -0.383. The number of rotatable bonds is 7. The van der Waals surface area contributed by atoms with Gasteiger partial charge >= 0.3 is 5.69 Å². The first-order valence-corrected chi connectivity index (χ1v) is 9.92. The van der Waals surface area contributed by atoms with E-state index >= 15 is 0 Å². The predicted molar refractivity (Wildman–Crippen MR) is 118 cm³/mol. The van der Waals surface area contributed by atoms with Crippen LogP contribution in [0.3, 0.4) is 0 Å². The van der Waals surface area contributed by atoms with Crippen LogP contribution >= 0.6 is 0 Å². The molecule has 1 saturated heterocycles. The fraction of sp³-hybridized carbons (Fsp3) is 0.286. The quantitative estimate of drug-likeness (QED) is 0.455. The molecule has 0 radical (unpaired) electrons. The molecule has 160 valence electrons. The molecule has 3 heterocycles. The van der Waals surface area contributed by atoms with Crippen LogP contribution < -0.4 is 19.9 Å². The fourth-order valence-corrected chi connectivity index (χ4v) is 3.56. The van der Waals surface area contributed by atoms with E-state index in [0.717, 1.165) is 30.1 Å². The van der Waals surface area contributed by atoms with Gasteiger partial charge in [-0.05, 0) is 35.9 Å². The second kappa shape index (κ2) is 9.24. The first kappa shape index (κ1) is 20.3. The van der Waals surface area contributed by atoms with Crippen LogP contribution in [0.25, 0.3) is 0 Å². The van der Waals surface area contributed by atoms with Crippen LogP contribution in [-0.2, 0) is 6.54 Å². The van der Waals surface area contributed by atoms with E-state index in [9.17, 15) is 10.1 Å². The van der Waals surface area contributed by atoms with Gasteiger partial charge in [0.1, 0.15) is 12.1 Å². The molecule has 0 spiro atoms. The van der Waals surface area contributed by atoms with Crippen LogP contribution in [-0.4, -0.2) is 53.2 Å². The second-order valence-electron chi connectivity index (χ2n) is 7.04. The Hall–Kier alpha value is -3.95. The summed E-state index contributed by atoms with van der Waals surface area (Å²) in [7, 11) is 1.64. The third-order valence-electron chi connectivity index (χ3n) is 5.19. The van der Waals surface area contributed by atoms with Gasteiger partial charge in [-0.1, -0.05) is 6.07 Å². The van der Waals surface area contributed by atoms with Crippen molar-refractivity contribution in [2.75, 3.05) is 48.4 Å². The van der Waals surface area contributed by atoms with Crippen LogP contribution in [0, 0.1) is 10.1 Å². The number of anilines is 3. The number of ether oxygens (including phenoxy) is 1. The molecule has 31 heavy (non-hydrogen) atoms. The largest absolute Gasteiger partial charge is 0.497 e. The highest BCUT2D eigenvalue weighted by Gasteiger charge is 2.29. The van der Waals surface area contributed by atoms with Gasteiger partial charge in [0.2, 0.25) is 11.6 Å². The lowest BCUT2D eigenvalue weighted by Crippen LogP contribution is -2.47. The molecule has 4 rings (SSSR count). The average molecular weight is 421 g/mol. The third kappa shape index (κ3) is 4.63. The summed E-state index contributed by atoms with van der Waals surface area (Å²) in [5.74, 6) is 1.35. The molecule has 1 aliphatic rings. The van der Waals surface area contributed by atoms with Crippen LogP contribution in [0.4, 0.5) is 23.0 Å². The van der Waals surface area contributed by atoms with Gasteiger partial charge < -0.3 is 19.9 Å². The number of methoxy groups -OCH3 is 1. The number of benzene rings is 1. The summed E-state index contributed by atoms with van der Waals surface area (Å²) in [5, 5.41) is 14.9. The molecule has 1 fully saturated rings. The number of piperazine rings is 1. The van der Waals surface area contributed by atoms with Crippen molar-refractivity contribution in [3.8, 4) is 5.75 Å². The Bertz CT molecular complexity index is 1020. The summed E-state index contributed by atoms with van der Waals surface area (Å²) in [6.07, 6.45) is 4.75. The summed E-state index contributed by atoms with van der Waals surface area (Å²) >= 11 is 0. The lowest BCUT2D eigenvalue weighted by Gasteiger charge is -2.36. The number of aromatic nitrogens is 3. The van der Waals surface area contributed by atoms with E-state index in [2.05, 4.69) is 25.2 Å². The van der Waals surface area contributed by atoms with Crippen molar-refractivity contribution in [3.63, 3.8) is 0 Å². The topological polar surface area (TPSA) is 110 Å². The van der Waals surface area contributed by atoms with Crippen LogP contribution in [0.1, 0.15) is 5.56 Å². The second-order valence-corrected chi connectivity index (χ2v) is 7.04. The molecular formula is C21H23N7O3. The molecule has 0 saturated carbocycles. The number of nitrogens with one attached hydrogen (secondary N) is 1. The normalized spacial score (nSPS) is 13.7. The molecule has 0 atom stereocenters. The molecule has 1 aromatic carbocycles. The molecule has 0 bridgehead atoms. The van der Waals surface area contributed by atoms with Gasteiger partial charge in [0, 0.05) is 50.8 Å². The maximum absolute atomic E-state index is 11.9. The molecule has 3 aromatic rings. The van der Waals surface area contributed by atoms with Crippen LogP contribution in [0.5, 0.6) is 5.75 Å². The van der Waals surface area contributed by atoms with Crippen molar-refractivity contribution in [1.82, 2.24) is 15.0 Å². The van der Waals surface area contributed by atoms with Crippen molar-refractivity contribution in [2.45, 2.75) is 6.54 Å². The zero-order chi connectivity index (χ0) is 21.6. The maximum atomic E-state index is 11.9. The van der Waals surface area contributed by atoms with Gasteiger partial charge in [0.15, 0.2) is 0 Å². The highest BCUT2D eigenvalue weighted by atomic mass is 16.6. The van der Waals surface area contributed by atoms with E-state index in [-0.39, 0.29) is 11.5 Å². The molecule has 10 nitrogen and oxygen atoms in total. The number of nitrogens with zero attached hydrogens (tertiary/aromatic N) is 6. The minimum absolute atomic E-state index is 0.107. The van der Waals surface area contributed by atoms with E-state index in [1.54, 1.807) is 19.5 Å². The van der Waals surface area contributed by atoms with Crippen LogP contribution in [0.2, 0.25) is 0 Å². The minimum atomic E-state index is -0.420. The molecule has 0 unspecified atom stereocenters. The number of hydrogen-bond donors (Lipinski definition) is 1. The first-order valence-electron chi connectivity index (χ1n) is 9.92. The van der Waals surface area contributed by atoms with E-state index in [1.165, 1.54) is 6.33 Å². The van der Waals surface area contributed by atoms with Crippen molar-refractivity contribution in [2.24, 2.45) is 0 Å². The first-order chi connectivity index (χ1) is 15.2. The fourth-order valence-electron chi connectivity index (χ4n) is 3.56. The Morgan fingerprint density at radius 2 is 1.84 bits per heavy atom. The monoisotopic (exact) mass is 421 g/mol. The predicted octanol–water partition coefficient (Wildman–Crippen LogP) is 2.73. The zero-order valence-corrected chi connectivity index (χ0v) is 17.1. The summed E-state index contributed by atoms with van der Waals surface area (Å²) in [4.78, 5) is 28.0. The van der Waals surface area contributed by atoms with Gasteiger partial charge in [-0.25, -0.2) is 9.97 Å². The van der Waals surface area contributed by atoms with Gasteiger partial charge in [0.25, 0.3) is 0 Å². The van der Waals surface area contributed by atoms with Crippen molar-refractivity contribution < 1.29 is 9.66 Å². The summed E-state index contributed by atoms with van der Waals surface area (Å²) in [5.41, 5.74) is 1.89. The lowest BCUT2D eigenvalue weighted by atomic mass is 10.2. The Kier molecular flexibility index (Phi) is 6.06. The number of hydrogen-bond acceptors (Lipinski definition) is 9. The van der Waals surface area contributed by atoms with E-state index in [0.29, 0.717) is 25.5 Å². The molecular weight excluding hydrogens is 398 g/mol. The highest BCUT2D eigenvalue weighted by molar-refractivity contribution is 5.70. The Labute approximate surface area is 179 Å². The Morgan fingerprint density at radius 1 is 1.10 bits per heavy atom. The summed E-state index contributed by atoms with van der Waals surface area (Å²) < 4.78 is 5.21. The standard InChI is InChI=1S/C21H23N7O3/c1-31-18-6-4-17(5-7-18)26-9-11-27(12-10-26)21-19(28(29)30)20(24-15-25-21)23-14-16-3-2-8-22-13-16/h2-8,13,15H,9-12,14H2,1H3,(H,23,24,25). The van der Waals surface area contributed by atoms with Crippen LogP contribution in [0.15, 0.2) is 55.1 Å². The Balaban J connectivity index is 1.48. The zero-order valence-electron chi connectivity index (χ0n) is 17.1. The van der Waals surface area contributed by atoms with E-state index < -0.39 is 4.92 Å². The van der Waals surface area contributed by atoms with Crippen molar-refractivity contribution in [1.29, 1.82) is 0 Å². The van der Waals surface area contributed by atoms with Gasteiger partial charge in [-0.3, -0.25) is 15.1 Å². The third-order valence-corrected chi connectivity index (χ3v) is 5.19. The molecule has 0 amide bonds. The van der Waals surface area contributed by atoms with Gasteiger partial charge in [0.05, 0.1) is 12.0 Å². The molecule has 1 aliphatic heterocycles. The van der Waals surface area contributed by atoms with E-state index in [4.69, 9.17) is 4.74 Å². The number of pyridine rings is 1. The van der Waals surface area contributed by atoms with Crippen molar-refractivity contribution >= 4 is 23.0 Å². The number of nitro groups is 1. The smallest absolute Gasteiger partial charge is 0.353 e. The average Bonchev–Trinajstić information content (AvgIpc) is 2.83. The van der Waals surface area contributed by atoms with Gasteiger partial charge in [-0.2, -0.15) is 0 Å². The molecule has 2 aromatic heterocycles. The molecule has 10 heteroatoms. The SMILES string of the molecule is COc1ccc(N2CCN(c3ncnc(NCc4cccnc4)c3[N+](=O)[O-])CC2)cc1. The van der Waals surface area contributed by atoms with Crippen molar-refractivity contribution in [3.05, 3.63) is 70.8 Å². The Morgan fingerprint density at radius 3 is 2.48 bits per heavy atom. The summed E-state index contributed by atoms with van der Waals surface area (Å²) in [6.45, 7) is 3.08.